The summed E-state index contributed by atoms with van der Waals surface area (Å²) >= 11 is 5.90. The van der Waals surface area contributed by atoms with Crippen LogP contribution in [0.15, 0.2) is 49.2 Å². The molecule has 0 fully saturated rings. The third-order valence-corrected chi connectivity index (χ3v) is 2.61. The van der Waals surface area contributed by atoms with E-state index in [1.807, 2.05) is 12.1 Å². The minimum absolute atomic E-state index is 0.276. The quantitative estimate of drug-likeness (QED) is 0.830. The molecule has 2 N–H and O–H groups in total. The molecule has 0 spiro atoms. The summed E-state index contributed by atoms with van der Waals surface area (Å²) in [7, 11) is 0. The number of nitrogens with zero attached hydrogens (tertiary/aromatic N) is 2. The van der Waals surface area contributed by atoms with Gasteiger partial charge in [0.1, 0.15) is 5.69 Å². The van der Waals surface area contributed by atoms with Crippen molar-refractivity contribution in [2.75, 3.05) is 11.9 Å². The zero-order chi connectivity index (χ0) is 14.4. The molecule has 0 radical (unpaired) electrons. The van der Waals surface area contributed by atoms with E-state index in [0.29, 0.717) is 17.5 Å². The van der Waals surface area contributed by atoms with Gasteiger partial charge >= 0.3 is 0 Å². The van der Waals surface area contributed by atoms with E-state index < -0.39 is 0 Å². The maximum Gasteiger partial charge on any atom is 0.270 e. The van der Waals surface area contributed by atoms with Crippen molar-refractivity contribution in [2.45, 2.75) is 0 Å². The molecule has 102 valence electrons. The number of anilines is 2. The van der Waals surface area contributed by atoms with Crippen LogP contribution in [0.1, 0.15) is 10.5 Å². The van der Waals surface area contributed by atoms with E-state index in [2.05, 4.69) is 27.2 Å². The van der Waals surface area contributed by atoms with Crippen molar-refractivity contribution in [1.82, 2.24) is 15.3 Å². The molecular weight excluding hydrogens is 276 g/mol. The first-order valence-corrected chi connectivity index (χ1v) is 6.31. The molecule has 1 aromatic carbocycles. The smallest absolute Gasteiger partial charge is 0.270 e. The minimum atomic E-state index is -0.276. The van der Waals surface area contributed by atoms with Crippen molar-refractivity contribution in [3.05, 3.63) is 59.9 Å². The highest BCUT2D eigenvalue weighted by molar-refractivity contribution is 6.30. The average Bonchev–Trinajstić information content (AvgIpc) is 2.45. The van der Waals surface area contributed by atoms with Crippen LogP contribution < -0.4 is 10.6 Å². The summed E-state index contributed by atoms with van der Waals surface area (Å²) < 4.78 is 0. The van der Waals surface area contributed by atoms with Gasteiger partial charge in [-0.3, -0.25) is 4.79 Å². The van der Waals surface area contributed by atoms with Gasteiger partial charge in [0, 0.05) is 23.5 Å². The Bertz CT molecular complexity index is 630. The van der Waals surface area contributed by atoms with E-state index in [4.69, 9.17) is 11.6 Å². The van der Waals surface area contributed by atoms with Crippen molar-refractivity contribution < 1.29 is 4.79 Å². The molecule has 0 atom stereocenters. The molecule has 0 bridgehead atoms. The van der Waals surface area contributed by atoms with E-state index in [9.17, 15) is 4.79 Å². The standard InChI is InChI=1S/C14H13ClN4O/c1-2-7-16-13(20)12-6-8-17-14(19-12)18-11-5-3-4-10(15)9-11/h2-6,8-9H,1,7H2,(H,16,20)(H,17,18,19). The second kappa shape index (κ2) is 6.68. The Kier molecular flexibility index (Phi) is 4.68. The Labute approximate surface area is 121 Å². The molecule has 2 aromatic rings. The van der Waals surface area contributed by atoms with Crippen molar-refractivity contribution in [1.29, 1.82) is 0 Å². The number of halogens is 1. The predicted octanol–water partition coefficient (Wildman–Crippen LogP) is 2.79. The van der Waals surface area contributed by atoms with Gasteiger partial charge in [0.2, 0.25) is 5.95 Å². The molecule has 0 unspecified atom stereocenters. The first-order chi connectivity index (χ1) is 9.69. The molecule has 2 rings (SSSR count). The van der Waals surface area contributed by atoms with Crippen molar-refractivity contribution in [3.8, 4) is 0 Å². The molecule has 5 nitrogen and oxygen atoms in total. The molecule has 20 heavy (non-hydrogen) atoms. The lowest BCUT2D eigenvalue weighted by Gasteiger charge is -2.06. The Morgan fingerprint density at radius 1 is 1.40 bits per heavy atom. The number of carbonyl (C=O) groups is 1. The van der Waals surface area contributed by atoms with Crippen LogP contribution in [0.2, 0.25) is 5.02 Å². The summed E-state index contributed by atoms with van der Waals surface area (Å²) in [6.45, 7) is 3.92. The Hall–Kier alpha value is -2.40. The van der Waals surface area contributed by atoms with Crippen molar-refractivity contribution >= 4 is 29.1 Å². The molecule has 6 heteroatoms. The average molecular weight is 289 g/mol. The topological polar surface area (TPSA) is 66.9 Å². The maximum atomic E-state index is 11.8. The zero-order valence-electron chi connectivity index (χ0n) is 10.6. The van der Waals surface area contributed by atoms with Gasteiger partial charge in [0.25, 0.3) is 5.91 Å². The number of hydrogen-bond acceptors (Lipinski definition) is 4. The van der Waals surface area contributed by atoms with Gasteiger partial charge in [-0.2, -0.15) is 0 Å². The third-order valence-electron chi connectivity index (χ3n) is 2.38. The molecule has 1 heterocycles. The van der Waals surface area contributed by atoms with Crippen LogP contribution in [0.3, 0.4) is 0 Å². The van der Waals surface area contributed by atoms with E-state index >= 15 is 0 Å². The van der Waals surface area contributed by atoms with E-state index in [0.717, 1.165) is 5.69 Å². The summed E-state index contributed by atoms with van der Waals surface area (Å²) in [5, 5.41) is 6.25. The lowest BCUT2D eigenvalue weighted by molar-refractivity contribution is 0.0953. The second-order valence-electron chi connectivity index (χ2n) is 3.90. The summed E-state index contributed by atoms with van der Waals surface area (Å²) in [6, 6.07) is 8.70. The van der Waals surface area contributed by atoms with Crippen LogP contribution in [0.25, 0.3) is 0 Å². The number of benzene rings is 1. The first kappa shape index (κ1) is 14.0. The lowest BCUT2D eigenvalue weighted by Crippen LogP contribution is -2.24. The minimum Gasteiger partial charge on any atom is -0.347 e. The Morgan fingerprint density at radius 2 is 2.25 bits per heavy atom. The molecule has 0 aliphatic carbocycles. The maximum absolute atomic E-state index is 11.8. The van der Waals surface area contributed by atoms with Crippen molar-refractivity contribution in [3.63, 3.8) is 0 Å². The van der Waals surface area contributed by atoms with Gasteiger partial charge in [-0.1, -0.05) is 23.7 Å². The third kappa shape index (κ3) is 3.80. The van der Waals surface area contributed by atoms with Crippen LogP contribution in [-0.2, 0) is 0 Å². The Balaban J connectivity index is 2.13. The van der Waals surface area contributed by atoms with Gasteiger partial charge in [-0.25, -0.2) is 9.97 Å². The molecule has 1 amide bonds. The fourth-order valence-corrected chi connectivity index (χ4v) is 1.69. The van der Waals surface area contributed by atoms with Crippen LogP contribution in [-0.4, -0.2) is 22.4 Å². The largest absolute Gasteiger partial charge is 0.347 e. The van der Waals surface area contributed by atoms with Crippen LogP contribution in [0.5, 0.6) is 0 Å². The van der Waals surface area contributed by atoms with Gasteiger partial charge in [-0.15, -0.1) is 6.58 Å². The second-order valence-corrected chi connectivity index (χ2v) is 4.34. The van der Waals surface area contributed by atoms with Gasteiger partial charge in [0.15, 0.2) is 0 Å². The molecule has 0 saturated carbocycles. The fraction of sp³-hybridized carbons (Fsp3) is 0.0714. The van der Waals surface area contributed by atoms with Crippen LogP contribution >= 0.6 is 11.6 Å². The zero-order valence-corrected chi connectivity index (χ0v) is 11.4. The molecular formula is C14H13ClN4O. The van der Waals surface area contributed by atoms with Crippen LogP contribution in [0, 0.1) is 0 Å². The number of nitrogens with one attached hydrogen (secondary N) is 2. The highest BCUT2D eigenvalue weighted by Gasteiger charge is 2.07. The fourth-order valence-electron chi connectivity index (χ4n) is 1.50. The lowest BCUT2D eigenvalue weighted by atomic mass is 10.3. The van der Waals surface area contributed by atoms with E-state index in [-0.39, 0.29) is 11.6 Å². The first-order valence-electron chi connectivity index (χ1n) is 5.94. The van der Waals surface area contributed by atoms with E-state index in [1.165, 1.54) is 6.20 Å². The van der Waals surface area contributed by atoms with Crippen molar-refractivity contribution in [2.24, 2.45) is 0 Å². The van der Waals surface area contributed by atoms with Gasteiger partial charge in [0.05, 0.1) is 0 Å². The normalized spacial score (nSPS) is 9.85. The summed E-state index contributed by atoms with van der Waals surface area (Å²) in [5.74, 6) is 0.0555. The summed E-state index contributed by atoms with van der Waals surface area (Å²) in [6.07, 6.45) is 3.12. The number of aromatic nitrogens is 2. The van der Waals surface area contributed by atoms with E-state index in [1.54, 1.807) is 24.3 Å². The molecule has 1 aromatic heterocycles. The number of amides is 1. The van der Waals surface area contributed by atoms with Gasteiger partial charge in [-0.05, 0) is 24.3 Å². The summed E-state index contributed by atoms with van der Waals surface area (Å²) in [4.78, 5) is 20.0. The monoisotopic (exact) mass is 288 g/mol. The number of rotatable bonds is 5. The highest BCUT2D eigenvalue weighted by Crippen LogP contribution is 2.17. The van der Waals surface area contributed by atoms with Crippen LogP contribution in [0.4, 0.5) is 11.6 Å². The molecule has 0 saturated heterocycles. The summed E-state index contributed by atoms with van der Waals surface area (Å²) in [5.41, 5.74) is 1.03. The number of hydrogen-bond donors (Lipinski definition) is 2. The highest BCUT2D eigenvalue weighted by atomic mass is 35.5. The Morgan fingerprint density at radius 3 is 3.00 bits per heavy atom. The number of carbonyl (C=O) groups excluding carboxylic acids is 1. The molecule has 0 aliphatic rings. The SMILES string of the molecule is C=CCNC(=O)c1ccnc(Nc2cccc(Cl)c2)n1. The predicted molar refractivity (Wildman–Crippen MR) is 79.3 cm³/mol. The molecule has 0 aliphatic heterocycles. The van der Waals surface area contributed by atoms with Gasteiger partial charge < -0.3 is 10.6 Å².